The number of anilines is 1. The van der Waals surface area contributed by atoms with E-state index in [1.165, 1.54) is 11.3 Å². The molecule has 12 heteroatoms. The Balaban J connectivity index is 1.47. The van der Waals surface area contributed by atoms with Gasteiger partial charge < -0.3 is 19.9 Å². The number of nitrogens with zero attached hydrogens (tertiary/aromatic N) is 4. The van der Waals surface area contributed by atoms with E-state index in [0.717, 1.165) is 5.69 Å². The van der Waals surface area contributed by atoms with Crippen LogP contribution < -0.4 is 10.2 Å². The first-order valence-corrected chi connectivity index (χ1v) is 12.4. The molecule has 0 radical (unpaired) electrons. The van der Waals surface area contributed by atoms with Crippen LogP contribution in [-0.2, 0) is 4.74 Å². The quantitative estimate of drug-likeness (QED) is 0.460. The molecule has 2 N–H and O–H groups in total. The van der Waals surface area contributed by atoms with Crippen molar-refractivity contribution in [2.75, 3.05) is 24.6 Å². The number of aryl methyl sites for hydroxylation is 2. The molecule has 0 spiro atoms. The van der Waals surface area contributed by atoms with Crippen LogP contribution in [-0.4, -0.2) is 57.6 Å². The van der Waals surface area contributed by atoms with Crippen molar-refractivity contribution in [2.24, 2.45) is 0 Å². The van der Waals surface area contributed by atoms with Crippen molar-refractivity contribution >= 4 is 51.5 Å². The van der Waals surface area contributed by atoms with Gasteiger partial charge in [-0.25, -0.2) is 9.78 Å². The molecule has 0 aromatic carbocycles. The molecule has 1 saturated heterocycles. The van der Waals surface area contributed by atoms with Gasteiger partial charge in [0.1, 0.15) is 22.0 Å². The van der Waals surface area contributed by atoms with Crippen LogP contribution in [0.1, 0.15) is 51.3 Å². The van der Waals surface area contributed by atoms with E-state index in [9.17, 15) is 9.59 Å². The SMILES string of the molecule is CCOC(=O)c1sc(N2CCC(NC(=O)c3[nH]c(C)c(Cl)c3Cl)CC2)nc1-c1cnc(C)cn1. The molecule has 4 heterocycles. The number of aromatic amines is 1. The van der Waals surface area contributed by atoms with Crippen LogP contribution >= 0.6 is 34.5 Å². The highest BCUT2D eigenvalue weighted by Gasteiger charge is 2.28. The predicted molar refractivity (Wildman–Crippen MR) is 132 cm³/mol. The lowest BCUT2D eigenvalue weighted by Gasteiger charge is -2.32. The molecule has 9 nitrogen and oxygen atoms in total. The Morgan fingerprint density at radius 2 is 1.94 bits per heavy atom. The Labute approximate surface area is 210 Å². The third kappa shape index (κ3) is 5.03. The zero-order chi connectivity index (χ0) is 24.4. The number of halogens is 2. The molecule has 1 aliphatic heterocycles. The molecule has 3 aromatic rings. The number of amides is 1. The maximum Gasteiger partial charge on any atom is 0.350 e. The fourth-order valence-corrected chi connectivity index (χ4v) is 5.11. The predicted octanol–water partition coefficient (Wildman–Crippen LogP) is 4.43. The number of aromatic nitrogens is 4. The van der Waals surface area contributed by atoms with E-state index in [1.807, 2.05) is 6.92 Å². The number of carbonyl (C=O) groups is 2. The summed E-state index contributed by atoms with van der Waals surface area (Å²) >= 11 is 13.5. The fourth-order valence-electron chi connectivity index (χ4n) is 3.67. The third-order valence-corrected chi connectivity index (χ3v) is 7.53. The minimum Gasteiger partial charge on any atom is -0.462 e. The van der Waals surface area contributed by atoms with Crippen LogP contribution in [0.5, 0.6) is 0 Å². The average molecular weight is 523 g/mol. The summed E-state index contributed by atoms with van der Waals surface area (Å²) in [6.45, 7) is 6.97. The van der Waals surface area contributed by atoms with Crippen molar-refractivity contribution in [3.63, 3.8) is 0 Å². The van der Waals surface area contributed by atoms with E-state index in [4.69, 9.17) is 32.9 Å². The normalized spacial score (nSPS) is 14.3. The molecule has 1 aliphatic rings. The molecule has 0 atom stereocenters. The smallest absolute Gasteiger partial charge is 0.350 e. The van der Waals surface area contributed by atoms with Gasteiger partial charge in [0.15, 0.2) is 5.13 Å². The minimum absolute atomic E-state index is 0.0193. The van der Waals surface area contributed by atoms with Crippen molar-refractivity contribution in [2.45, 2.75) is 39.7 Å². The van der Waals surface area contributed by atoms with E-state index < -0.39 is 5.97 Å². The second kappa shape index (κ2) is 10.3. The molecule has 34 heavy (non-hydrogen) atoms. The molecule has 180 valence electrons. The number of esters is 1. The van der Waals surface area contributed by atoms with Crippen molar-refractivity contribution < 1.29 is 14.3 Å². The topological polar surface area (TPSA) is 113 Å². The van der Waals surface area contributed by atoms with Gasteiger partial charge in [0.25, 0.3) is 5.91 Å². The molecule has 1 fully saturated rings. The Morgan fingerprint density at radius 1 is 1.21 bits per heavy atom. The Bertz CT molecular complexity index is 1200. The highest BCUT2D eigenvalue weighted by Crippen LogP contribution is 2.34. The first-order chi connectivity index (χ1) is 16.3. The van der Waals surface area contributed by atoms with Crippen molar-refractivity contribution in [1.29, 1.82) is 0 Å². The summed E-state index contributed by atoms with van der Waals surface area (Å²) in [5, 5.41) is 4.32. The Kier molecular flexibility index (Phi) is 7.39. The number of carbonyl (C=O) groups excluding carboxylic acids is 2. The summed E-state index contributed by atoms with van der Waals surface area (Å²) in [7, 11) is 0. The Hall–Kier alpha value is -2.69. The van der Waals surface area contributed by atoms with E-state index in [2.05, 4.69) is 25.2 Å². The number of piperidine rings is 1. The van der Waals surface area contributed by atoms with Gasteiger partial charge in [0.2, 0.25) is 0 Å². The van der Waals surface area contributed by atoms with Crippen molar-refractivity contribution in [3.8, 4) is 11.4 Å². The van der Waals surface area contributed by atoms with Crippen molar-refractivity contribution in [3.05, 3.63) is 44.4 Å². The lowest BCUT2D eigenvalue weighted by Crippen LogP contribution is -2.44. The van der Waals surface area contributed by atoms with Gasteiger partial charge in [-0.1, -0.05) is 34.5 Å². The average Bonchev–Trinajstić information content (AvgIpc) is 3.38. The van der Waals surface area contributed by atoms with Gasteiger partial charge >= 0.3 is 5.97 Å². The maximum absolute atomic E-state index is 12.6. The Morgan fingerprint density at radius 3 is 2.53 bits per heavy atom. The standard InChI is InChI=1S/C22H24Cl2N6O3S/c1-4-33-21(32)19-17(14-10-25-11(2)9-26-14)29-22(34-19)30-7-5-13(6-8-30)28-20(31)18-16(24)15(23)12(3)27-18/h9-10,13,27H,4-8H2,1-3H3,(H,28,31). The number of hydrogen-bond acceptors (Lipinski definition) is 8. The number of ether oxygens (including phenoxy) is 1. The number of thiazole rings is 1. The molecule has 0 unspecified atom stereocenters. The monoisotopic (exact) mass is 522 g/mol. The highest BCUT2D eigenvalue weighted by atomic mass is 35.5. The molecule has 0 saturated carbocycles. The molecule has 0 bridgehead atoms. The van der Waals surface area contributed by atoms with Crippen LogP contribution in [0, 0.1) is 13.8 Å². The van der Waals surface area contributed by atoms with Crippen LogP contribution in [0.25, 0.3) is 11.4 Å². The molecule has 0 aliphatic carbocycles. The molecule has 1 amide bonds. The van der Waals surface area contributed by atoms with Crippen LogP contribution in [0.15, 0.2) is 12.4 Å². The number of rotatable bonds is 6. The first kappa shape index (κ1) is 24.4. The molecule has 3 aromatic heterocycles. The zero-order valence-electron chi connectivity index (χ0n) is 18.9. The second-order valence-corrected chi connectivity index (χ2v) is 9.66. The third-order valence-electron chi connectivity index (χ3n) is 5.48. The van der Waals surface area contributed by atoms with Crippen LogP contribution in [0.2, 0.25) is 10.0 Å². The summed E-state index contributed by atoms with van der Waals surface area (Å²) in [5.74, 6) is -0.708. The summed E-state index contributed by atoms with van der Waals surface area (Å²) < 4.78 is 5.23. The van der Waals surface area contributed by atoms with E-state index >= 15 is 0 Å². The van der Waals surface area contributed by atoms with Crippen LogP contribution in [0.4, 0.5) is 5.13 Å². The van der Waals surface area contributed by atoms with Gasteiger partial charge in [-0.3, -0.25) is 14.8 Å². The summed E-state index contributed by atoms with van der Waals surface area (Å²) in [6, 6.07) is -0.0193. The van der Waals surface area contributed by atoms with E-state index in [1.54, 1.807) is 26.2 Å². The lowest BCUT2D eigenvalue weighted by atomic mass is 10.1. The second-order valence-electron chi connectivity index (χ2n) is 7.93. The van der Waals surface area contributed by atoms with Gasteiger partial charge in [-0.2, -0.15) is 0 Å². The summed E-state index contributed by atoms with van der Waals surface area (Å²) in [6.07, 6.45) is 4.68. The first-order valence-electron chi connectivity index (χ1n) is 10.8. The summed E-state index contributed by atoms with van der Waals surface area (Å²) in [5.41, 5.74) is 2.69. The number of H-pyrrole nitrogens is 1. The molecular formula is C22H24Cl2N6O3S. The molecule has 4 rings (SSSR count). The summed E-state index contributed by atoms with van der Waals surface area (Å²) in [4.78, 5) is 44.0. The van der Waals surface area contributed by atoms with Gasteiger partial charge in [-0.15, -0.1) is 0 Å². The fraction of sp³-hybridized carbons (Fsp3) is 0.409. The van der Waals surface area contributed by atoms with Gasteiger partial charge in [0.05, 0.1) is 28.5 Å². The molecular weight excluding hydrogens is 499 g/mol. The van der Waals surface area contributed by atoms with Gasteiger partial charge in [0, 0.05) is 31.0 Å². The maximum atomic E-state index is 12.6. The van der Waals surface area contributed by atoms with Crippen molar-refractivity contribution in [1.82, 2.24) is 25.3 Å². The zero-order valence-corrected chi connectivity index (χ0v) is 21.3. The lowest BCUT2D eigenvalue weighted by molar-refractivity contribution is 0.0532. The number of nitrogens with one attached hydrogen (secondary N) is 2. The van der Waals surface area contributed by atoms with E-state index in [0.29, 0.717) is 58.0 Å². The highest BCUT2D eigenvalue weighted by molar-refractivity contribution is 7.17. The largest absolute Gasteiger partial charge is 0.462 e. The minimum atomic E-state index is -0.428. The van der Waals surface area contributed by atoms with Crippen LogP contribution in [0.3, 0.4) is 0 Å². The van der Waals surface area contributed by atoms with E-state index in [-0.39, 0.29) is 29.3 Å². The van der Waals surface area contributed by atoms with Gasteiger partial charge in [-0.05, 0) is 33.6 Å². The number of hydrogen-bond donors (Lipinski definition) is 2.